The maximum Gasteiger partial charge on any atom is 0.469 e. The Morgan fingerprint density at radius 1 is 1.28 bits per heavy atom. The van der Waals surface area contributed by atoms with Crippen LogP contribution in [0.2, 0.25) is 0 Å². The summed E-state index contributed by atoms with van der Waals surface area (Å²) in [6.45, 7) is 0.805. The van der Waals surface area contributed by atoms with E-state index in [1.807, 2.05) is 0 Å². The van der Waals surface area contributed by atoms with Crippen molar-refractivity contribution in [1.29, 1.82) is 0 Å². The summed E-state index contributed by atoms with van der Waals surface area (Å²) in [5.41, 5.74) is 1.45. The molecule has 14 heteroatoms. The van der Waals surface area contributed by atoms with Crippen molar-refractivity contribution in [2.45, 2.75) is 19.1 Å². The first-order valence-corrected chi connectivity index (χ1v) is 14.1. The van der Waals surface area contributed by atoms with Gasteiger partial charge in [0.2, 0.25) is 10.0 Å². The van der Waals surface area contributed by atoms with E-state index in [-0.39, 0.29) is 29.1 Å². The SMILES string of the molecule is CNC(=O)c1c(-c2ccc(F)cc2)oc2cc3c(cc12)[C@H](C)O[C@H](COP(=O)(O)O)CN3S(C)(=O)=O. The van der Waals surface area contributed by atoms with Gasteiger partial charge in [-0.05, 0) is 37.3 Å². The van der Waals surface area contributed by atoms with E-state index in [1.54, 1.807) is 13.0 Å². The molecule has 1 aliphatic heterocycles. The number of halogens is 1. The number of ether oxygens (including phenoxy) is 1. The third-order valence-electron chi connectivity index (χ3n) is 5.70. The van der Waals surface area contributed by atoms with Crippen LogP contribution in [-0.4, -0.2) is 56.7 Å². The van der Waals surface area contributed by atoms with Gasteiger partial charge in [0.15, 0.2) is 0 Å². The molecule has 2 heterocycles. The number of nitrogens with one attached hydrogen (secondary N) is 1. The zero-order valence-corrected chi connectivity index (χ0v) is 21.2. The smallest absolute Gasteiger partial charge is 0.455 e. The molecule has 1 aliphatic rings. The van der Waals surface area contributed by atoms with Crippen LogP contribution in [0.5, 0.6) is 0 Å². The molecule has 2 aromatic carbocycles. The summed E-state index contributed by atoms with van der Waals surface area (Å²) in [6, 6.07) is 8.44. The predicted molar refractivity (Wildman–Crippen MR) is 128 cm³/mol. The minimum atomic E-state index is -4.82. The van der Waals surface area contributed by atoms with E-state index < -0.39 is 48.4 Å². The standard InChI is InChI=1S/C22H24FN2O9PS/c1-12-16-8-17-19(34-21(20(17)22(26)24-2)13-4-6-14(23)7-5-13)9-18(16)25(36(3,30)31)10-15(33-12)11-32-35(27,28)29/h4-9,12,15H,10-11H2,1-3H3,(H,24,26)(H2,27,28,29)/t12-,15-/m0/s1. The number of fused-ring (bicyclic) bond motifs is 2. The molecule has 4 rings (SSSR count). The van der Waals surface area contributed by atoms with E-state index in [0.29, 0.717) is 16.5 Å². The summed E-state index contributed by atoms with van der Waals surface area (Å²) < 4.78 is 67.6. The second-order valence-electron chi connectivity index (χ2n) is 8.28. The molecule has 194 valence electrons. The van der Waals surface area contributed by atoms with Crippen LogP contribution in [0.4, 0.5) is 10.1 Å². The third kappa shape index (κ3) is 5.31. The number of furan rings is 1. The van der Waals surface area contributed by atoms with Crippen molar-refractivity contribution in [2.75, 3.05) is 30.8 Å². The quantitative estimate of drug-likeness (QED) is 0.399. The topological polar surface area (TPSA) is 156 Å². The molecule has 3 aromatic rings. The first-order chi connectivity index (χ1) is 16.8. The van der Waals surface area contributed by atoms with Gasteiger partial charge in [0.05, 0.1) is 36.8 Å². The molecular weight excluding hydrogens is 518 g/mol. The molecule has 0 spiro atoms. The number of benzene rings is 2. The molecule has 0 saturated carbocycles. The lowest BCUT2D eigenvalue weighted by Crippen LogP contribution is -2.38. The Hall–Kier alpha value is -2.80. The molecule has 1 aromatic heterocycles. The molecule has 0 aliphatic carbocycles. The van der Waals surface area contributed by atoms with Gasteiger partial charge in [-0.1, -0.05) is 0 Å². The summed E-state index contributed by atoms with van der Waals surface area (Å²) in [5.74, 6) is -0.755. The van der Waals surface area contributed by atoms with Crippen molar-refractivity contribution in [1.82, 2.24) is 5.32 Å². The van der Waals surface area contributed by atoms with Crippen molar-refractivity contribution in [3.05, 3.63) is 53.3 Å². The van der Waals surface area contributed by atoms with Crippen molar-refractivity contribution >= 4 is 40.4 Å². The number of anilines is 1. The Bertz CT molecular complexity index is 1470. The van der Waals surface area contributed by atoms with Crippen molar-refractivity contribution in [3.8, 4) is 11.3 Å². The Balaban J connectivity index is 1.90. The fraction of sp³-hybridized carbons (Fsp3) is 0.318. The van der Waals surface area contributed by atoms with Gasteiger partial charge in [-0.2, -0.15) is 0 Å². The number of phosphoric ester groups is 1. The third-order valence-corrected chi connectivity index (χ3v) is 7.33. The molecule has 36 heavy (non-hydrogen) atoms. The lowest BCUT2D eigenvalue weighted by Gasteiger charge is -2.24. The fourth-order valence-electron chi connectivity index (χ4n) is 4.12. The zero-order valence-electron chi connectivity index (χ0n) is 19.5. The van der Waals surface area contributed by atoms with Crippen molar-refractivity contribution in [2.24, 2.45) is 0 Å². The van der Waals surface area contributed by atoms with Gasteiger partial charge in [-0.25, -0.2) is 17.4 Å². The second-order valence-corrected chi connectivity index (χ2v) is 11.4. The Kier molecular flexibility index (Phi) is 6.99. The van der Waals surface area contributed by atoms with Gasteiger partial charge >= 0.3 is 7.82 Å². The molecule has 11 nitrogen and oxygen atoms in total. The van der Waals surface area contributed by atoms with Crippen LogP contribution in [0.3, 0.4) is 0 Å². The molecule has 0 saturated heterocycles. The van der Waals surface area contributed by atoms with Crippen molar-refractivity contribution < 1.29 is 45.6 Å². The summed E-state index contributed by atoms with van der Waals surface area (Å²) in [7, 11) is -7.25. The molecule has 2 atom stereocenters. The minimum Gasteiger partial charge on any atom is -0.455 e. The number of nitrogens with zero attached hydrogens (tertiary/aromatic N) is 1. The van der Waals surface area contributed by atoms with E-state index in [9.17, 15) is 22.2 Å². The van der Waals surface area contributed by atoms with Crippen molar-refractivity contribution in [3.63, 3.8) is 0 Å². The van der Waals surface area contributed by atoms with Gasteiger partial charge in [-0.3, -0.25) is 13.6 Å². The first-order valence-electron chi connectivity index (χ1n) is 10.7. The van der Waals surface area contributed by atoms with Crippen LogP contribution in [0.15, 0.2) is 40.8 Å². The summed E-state index contributed by atoms with van der Waals surface area (Å²) in [5, 5.41) is 2.93. The average Bonchev–Trinajstić information content (AvgIpc) is 3.09. The normalized spacial score (nSPS) is 18.7. The molecule has 0 radical (unpaired) electrons. The molecule has 0 bridgehead atoms. The molecule has 3 N–H and O–H groups in total. The molecule has 0 unspecified atom stereocenters. The number of phosphoric acid groups is 1. The highest BCUT2D eigenvalue weighted by Crippen LogP contribution is 2.43. The van der Waals surface area contributed by atoms with E-state index in [4.69, 9.17) is 18.9 Å². The summed E-state index contributed by atoms with van der Waals surface area (Å²) in [6.07, 6.45) is -0.766. The van der Waals surface area contributed by atoms with Crippen LogP contribution in [0.25, 0.3) is 22.3 Å². The van der Waals surface area contributed by atoms with E-state index in [1.165, 1.54) is 37.4 Å². The summed E-state index contributed by atoms with van der Waals surface area (Å²) in [4.78, 5) is 31.0. The Morgan fingerprint density at radius 2 is 1.94 bits per heavy atom. The number of rotatable bonds is 6. The van der Waals surface area contributed by atoms with E-state index >= 15 is 0 Å². The van der Waals surface area contributed by atoms with Gasteiger partial charge < -0.3 is 24.3 Å². The van der Waals surface area contributed by atoms with Crippen LogP contribution in [0, 0.1) is 5.82 Å². The number of amides is 1. The fourth-order valence-corrected chi connectivity index (χ4v) is 5.43. The van der Waals surface area contributed by atoms with Crippen LogP contribution in [-0.2, 0) is 23.8 Å². The highest BCUT2D eigenvalue weighted by molar-refractivity contribution is 7.92. The zero-order chi connectivity index (χ0) is 26.4. The summed E-state index contributed by atoms with van der Waals surface area (Å²) >= 11 is 0. The van der Waals surface area contributed by atoms with Crippen LogP contribution in [0.1, 0.15) is 28.9 Å². The largest absolute Gasteiger partial charge is 0.469 e. The number of hydrogen-bond donors (Lipinski definition) is 3. The average molecular weight is 542 g/mol. The lowest BCUT2D eigenvalue weighted by molar-refractivity contribution is -0.0224. The Morgan fingerprint density at radius 3 is 2.53 bits per heavy atom. The monoisotopic (exact) mass is 542 g/mol. The highest BCUT2D eigenvalue weighted by Gasteiger charge is 2.34. The maximum absolute atomic E-state index is 13.5. The van der Waals surface area contributed by atoms with Crippen LogP contribution < -0.4 is 9.62 Å². The first kappa shape index (κ1) is 26.3. The maximum atomic E-state index is 13.5. The number of sulfonamides is 1. The van der Waals surface area contributed by atoms with Gasteiger partial charge in [0, 0.05) is 29.6 Å². The Labute approximate surface area is 206 Å². The second kappa shape index (κ2) is 9.58. The lowest BCUT2D eigenvalue weighted by atomic mass is 10.0. The van der Waals surface area contributed by atoms with E-state index in [0.717, 1.165) is 10.6 Å². The number of hydrogen-bond acceptors (Lipinski definition) is 7. The minimum absolute atomic E-state index is 0.172. The van der Waals surface area contributed by atoms with E-state index in [2.05, 4.69) is 9.84 Å². The molecule has 1 amide bonds. The predicted octanol–water partition coefficient (Wildman–Crippen LogP) is 2.93. The van der Waals surface area contributed by atoms with Crippen LogP contribution >= 0.6 is 7.82 Å². The van der Waals surface area contributed by atoms with Gasteiger partial charge in [-0.15, -0.1) is 0 Å². The van der Waals surface area contributed by atoms with Gasteiger partial charge in [0.25, 0.3) is 5.91 Å². The number of carbonyl (C=O) groups is 1. The highest BCUT2D eigenvalue weighted by atomic mass is 32.2. The molecule has 0 fully saturated rings. The number of carbonyl (C=O) groups excluding carboxylic acids is 1. The van der Waals surface area contributed by atoms with Gasteiger partial charge in [0.1, 0.15) is 23.3 Å². The molecular formula is C22H24FN2O9PS.